The molecule has 0 spiro atoms. The smallest absolute Gasteiger partial charge is 0.329 e. The number of fused-ring (bicyclic) bond motifs is 1. The number of amides is 1. The molecule has 1 amide bonds. The molecule has 2 aliphatic heterocycles. The fraction of sp³-hybridized carbons (Fsp3) is 0.467. The first kappa shape index (κ1) is 13.5. The summed E-state index contributed by atoms with van der Waals surface area (Å²) in [6.07, 6.45) is 1.26. The number of carbonyl (C=O) groups is 2. The maximum absolute atomic E-state index is 12.3. The quantitative estimate of drug-likeness (QED) is 0.801. The van der Waals surface area contributed by atoms with Crippen molar-refractivity contribution in [1.29, 1.82) is 0 Å². The van der Waals surface area contributed by atoms with Crippen molar-refractivity contribution in [3.8, 4) is 0 Å². The average Bonchev–Trinajstić information content (AvgIpc) is 3.00. The van der Waals surface area contributed by atoms with Gasteiger partial charge in [-0.3, -0.25) is 4.79 Å². The first-order valence-corrected chi connectivity index (χ1v) is 7.86. The van der Waals surface area contributed by atoms with Crippen LogP contribution in [0.5, 0.6) is 0 Å². The zero-order valence-corrected chi connectivity index (χ0v) is 12.2. The van der Waals surface area contributed by atoms with Gasteiger partial charge in [0.25, 0.3) is 0 Å². The molecule has 2 saturated heterocycles. The summed E-state index contributed by atoms with van der Waals surface area (Å²) in [7, 11) is 0. The van der Waals surface area contributed by atoms with Crippen molar-refractivity contribution in [2.75, 3.05) is 12.4 Å². The molecule has 2 fully saturated rings. The SMILES string of the molecule is CCOC(=O)[C@@H]1CS[C@]2(c3ccccc3)CCC(=O)N12. The van der Waals surface area contributed by atoms with E-state index in [1.54, 1.807) is 23.6 Å². The Kier molecular flexibility index (Phi) is 3.46. The van der Waals surface area contributed by atoms with Crippen LogP contribution in [-0.2, 0) is 19.2 Å². The molecule has 1 aromatic carbocycles. The van der Waals surface area contributed by atoms with Crippen LogP contribution in [0.15, 0.2) is 30.3 Å². The van der Waals surface area contributed by atoms with Gasteiger partial charge in [-0.2, -0.15) is 0 Å². The Morgan fingerprint density at radius 1 is 1.45 bits per heavy atom. The van der Waals surface area contributed by atoms with Crippen LogP contribution in [0, 0.1) is 0 Å². The highest BCUT2D eigenvalue weighted by Crippen LogP contribution is 2.54. The van der Waals surface area contributed by atoms with Crippen LogP contribution in [0.3, 0.4) is 0 Å². The molecular formula is C15H17NO3S. The van der Waals surface area contributed by atoms with Gasteiger partial charge in [-0.15, -0.1) is 11.8 Å². The van der Waals surface area contributed by atoms with Gasteiger partial charge < -0.3 is 9.64 Å². The van der Waals surface area contributed by atoms with Crippen molar-refractivity contribution < 1.29 is 14.3 Å². The second kappa shape index (κ2) is 5.13. The molecule has 20 heavy (non-hydrogen) atoms. The molecule has 0 aliphatic carbocycles. The molecule has 0 unspecified atom stereocenters. The molecule has 2 heterocycles. The minimum absolute atomic E-state index is 0.0527. The number of carbonyl (C=O) groups excluding carboxylic acids is 2. The number of thioether (sulfide) groups is 1. The molecule has 3 rings (SSSR count). The Labute approximate surface area is 122 Å². The molecule has 2 aliphatic rings. The van der Waals surface area contributed by atoms with E-state index in [0.717, 1.165) is 12.0 Å². The number of benzene rings is 1. The van der Waals surface area contributed by atoms with Crippen LogP contribution in [0.2, 0.25) is 0 Å². The van der Waals surface area contributed by atoms with Crippen LogP contribution in [-0.4, -0.2) is 35.2 Å². The summed E-state index contributed by atoms with van der Waals surface area (Å²) in [6.45, 7) is 2.14. The number of esters is 1. The van der Waals surface area contributed by atoms with Crippen LogP contribution in [0.1, 0.15) is 25.3 Å². The lowest BCUT2D eigenvalue weighted by Crippen LogP contribution is -2.46. The molecule has 5 heteroatoms. The van der Waals surface area contributed by atoms with E-state index >= 15 is 0 Å². The van der Waals surface area contributed by atoms with Gasteiger partial charge in [-0.25, -0.2) is 4.79 Å². The maximum Gasteiger partial charge on any atom is 0.329 e. The topological polar surface area (TPSA) is 46.6 Å². The van der Waals surface area contributed by atoms with Crippen LogP contribution in [0.4, 0.5) is 0 Å². The van der Waals surface area contributed by atoms with Crippen molar-refractivity contribution in [2.24, 2.45) is 0 Å². The minimum atomic E-state index is -0.449. The lowest BCUT2D eigenvalue weighted by molar-refractivity contribution is -0.153. The van der Waals surface area contributed by atoms with Gasteiger partial charge in [0.2, 0.25) is 5.91 Å². The third-order valence-corrected chi connectivity index (χ3v) is 5.51. The predicted molar refractivity (Wildman–Crippen MR) is 77.1 cm³/mol. The van der Waals surface area contributed by atoms with Crippen molar-refractivity contribution in [3.63, 3.8) is 0 Å². The van der Waals surface area contributed by atoms with E-state index in [1.807, 2.05) is 30.3 Å². The summed E-state index contributed by atoms with van der Waals surface area (Å²) >= 11 is 1.68. The normalized spacial score (nSPS) is 28.6. The van der Waals surface area contributed by atoms with Gasteiger partial charge in [0.1, 0.15) is 10.9 Å². The van der Waals surface area contributed by atoms with E-state index < -0.39 is 6.04 Å². The van der Waals surface area contributed by atoms with Crippen molar-refractivity contribution in [1.82, 2.24) is 4.90 Å². The van der Waals surface area contributed by atoms with E-state index in [0.29, 0.717) is 18.8 Å². The maximum atomic E-state index is 12.3. The van der Waals surface area contributed by atoms with E-state index in [9.17, 15) is 9.59 Å². The summed E-state index contributed by atoms with van der Waals surface area (Å²) < 4.78 is 5.12. The highest BCUT2D eigenvalue weighted by atomic mass is 32.2. The minimum Gasteiger partial charge on any atom is -0.464 e. The largest absolute Gasteiger partial charge is 0.464 e. The molecule has 2 atom stereocenters. The number of ether oxygens (including phenoxy) is 1. The first-order valence-electron chi connectivity index (χ1n) is 6.87. The highest BCUT2D eigenvalue weighted by molar-refractivity contribution is 8.00. The standard InChI is InChI=1S/C15H17NO3S/c1-2-19-14(18)12-10-20-15(9-8-13(17)16(12)15)11-6-4-3-5-7-11/h3-7,12H,2,8-10H2,1H3/t12-,15-/m0/s1. The fourth-order valence-corrected chi connectivity index (χ4v) is 4.69. The van der Waals surface area contributed by atoms with Crippen molar-refractivity contribution in [3.05, 3.63) is 35.9 Å². The third-order valence-electron chi connectivity index (χ3n) is 3.91. The van der Waals surface area contributed by atoms with Gasteiger partial charge >= 0.3 is 5.97 Å². The summed E-state index contributed by atoms with van der Waals surface area (Å²) in [5, 5.41) is 0. The van der Waals surface area contributed by atoms with Crippen molar-refractivity contribution in [2.45, 2.75) is 30.7 Å². The molecule has 4 nitrogen and oxygen atoms in total. The van der Waals surface area contributed by atoms with Gasteiger partial charge in [-0.05, 0) is 18.9 Å². The summed E-state index contributed by atoms with van der Waals surface area (Å²) in [5.74, 6) is 0.379. The molecule has 0 radical (unpaired) electrons. The number of hydrogen-bond donors (Lipinski definition) is 0. The number of nitrogens with zero attached hydrogens (tertiary/aromatic N) is 1. The lowest BCUT2D eigenvalue weighted by atomic mass is 10.0. The van der Waals surface area contributed by atoms with Gasteiger partial charge in [0.15, 0.2) is 0 Å². The van der Waals surface area contributed by atoms with Crippen molar-refractivity contribution >= 4 is 23.6 Å². The molecule has 0 bridgehead atoms. The lowest BCUT2D eigenvalue weighted by Gasteiger charge is -2.33. The zero-order chi connectivity index (χ0) is 14.2. The van der Waals surface area contributed by atoms with E-state index in [4.69, 9.17) is 4.74 Å². The first-order chi connectivity index (χ1) is 9.69. The van der Waals surface area contributed by atoms with E-state index in [2.05, 4.69) is 0 Å². The Morgan fingerprint density at radius 2 is 2.20 bits per heavy atom. The molecule has 0 N–H and O–H groups in total. The predicted octanol–water partition coefficient (Wildman–Crippen LogP) is 2.14. The average molecular weight is 291 g/mol. The summed E-state index contributed by atoms with van der Waals surface area (Å²) in [5.41, 5.74) is 1.10. The van der Waals surface area contributed by atoms with Crippen LogP contribution in [0.25, 0.3) is 0 Å². The Bertz CT molecular complexity index is 533. The molecule has 0 aromatic heterocycles. The number of hydrogen-bond acceptors (Lipinski definition) is 4. The van der Waals surface area contributed by atoms with Gasteiger partial charge in [-0.1, -0.05) is 30.3 Å². The zero-order valence-electron chi connectivity index (χ0n) is 11.4. The molecular weight excluding hydrogens is 274 g/mol. The molecule has 1 aromatic rings. The monoisotopic (exact) mass is 291 g/mol. The van der Waals surface area contributed by atoms with E-state index in [1.165, 1.54) is 0 Å². The Hall–Kier alpha value is -1.49. The Balaban J connectivity index is 1.96. The summed E-state index contributed by atoms with van der Waals surface area (Å²) in [6, 6.07) is 9.53. The van der Waals surface area contributed by atoms with Crippen LogP contribution >= 0.6 is 11.8 Å². The van der Waals surface area contributed by atoms with Gasteiger partial charge in [0.05, 0.1) is 6.61 Å². The Morgan fingerprint density at radius 3 is 2.90 bits per heavy atom. The fourth-order valence-electron chi connectivity index (χ4n) is 3.05. The second-order valence-corrected chi connectivity index (χ2v) is 6.29. The van der Waals surface area contributed by atoms with Crippen LogP contribution < -0.4 is 0 Å². The van der Waals surface area contributed by atoms with Gasteiger partial charge in [0, 0.05) is 12.2 Å². The second-order valence-electron chi connectivity index (χ2n) is 4.99. The third kappa shape index (κ3) is 1.92. The number of rotatable bonds is 3. The molecule has 106 valence electrons. The highest BCUT2D eigenvalue weighted by Gasteiger charge is 2.57. The summed E-state index contributed by atoms with van der Waals surface area (Å²) in [4.78, 5) is 25.7. The molecule has 0 saturated carbocycles. The van der Waals surface area contributed by atoms with E-state index in [-0.39, 0.29) is 16.7 Å².